The molecule has 3 aromatic carbocycles. The van der Waals surface area contributed by atoms with Gasteiger partial charge < -0.3 is 19.2 Å². The number of amides is 1. The van der Waals surface area contributed by atoms with E-state index in [0.29, 0.717) is 28.8 Å². The highest BCUT2D eigenvalue weighted by Gasteiger charge is 2.15. The maximum absolute atomic E-state index is 12.7. The lowest BCUT2D eigenvalue weighted by molar-refractivity contribution is -0.134. The SMILES string of the molecule is CCC(=O)Oc1ccc(C(=O)Nc2ccc(-c3nnc(-c4cccc(C)c4)o3)cc2)cc1OC. The van der Waals surface area contributed by atoms with Gasteiger partial charge in [-0.05, 0) is 61.5 Å². The summed E-state index contributed by atoms with van der Waals surface area (Å²) in [6.07, 6.45) is 0.234. The van der Waals surface area contributed by atoms with Crippen LogP contribution < -0.4 is 14.8 Å². The number of ether oxygens (including phenoxy) is 2. The molecule has 0 bridgehead atoms. The van der Waals surface area contributed by atoms with Gasteiger partial charge in [0.05, 0.1) is 7.11 Å². The number of aryl methyl sites for hydroxylation is 1. The van der Waals surface area contributed by atoms with Crippen molar-refractivity contribution in [3.63, 3.8) is 0 Å². The molecule has 0 saturated heterocycles. The van der Waals surface area contributed by atoms with Gasteiger partial charge in [0.25, 0.3) is 5.91 Å². The summed E-state index contributed by atoms with van der Waals surface area (Å²) in [5, 5.41) is 11.1. The largest absolute Gasteiger partial charge is 0.493 e. The number of carbonyl (C=O) groups excluding carboxylic acids is 2. The van der Waals surface area contributed by atoms with Gasteiger partial charge in [-0.3, -0.25) is 9.59 Å². The summed E-state index contributed by atoms with van der Waals surface area (Å²) in [6.45, 7) is 3.70. The molecule has 0 unspecified atom stereocenters. The van der Waals surface area contributed by atoms with E-state index in [-0.39, 0.29) is 24.0 Å². The molecule has 0 saturated carbocycles. The van der Waals surface area contributed by atoms with Crippen molar-refractivity contribution in [1.82, 2.24) is 10.2 Å². The summed E-state index contributed by atoms with van der Waals surface area (Å²) in [5.74, 6) is 0.668. The summed E-state index contributed by atoms with van der Waals surface area (Å²) in [4.78, 5) is 24.3. The fraction of sp³-hybridized carbons (Fsp3) is 0.154. The number of nitrogens with zero attached hydrogens (tertiary/aromatic N) is 2. The van der Waals surface area contributed by atoms with E-state index in [1.54, 1.807) is 37.3 Å². The van der Waals surface area contributed by atoms with Crippen LogP contribution in [0.4, 0.5) is 5.69 Å². The molecule has 4 aromatic rings. The Hall–Kier alpha value is -4.46. The Morgan fingerprint density at radius 2 is 1.65 bits per heavy atom. The second-order valence-corrected chi connectivity index (χ2v) is 7.51. The minimum atomic E-state index is -0.386. The number of rotatable bonds is 7. The zero-order chi connectivity index (χ0) is 24.1. The third-order valence-electron chi connectivity index (χ3n) is 5.02. The fourth-order valence-corrected chi connectivity index (χ4v) is 3.22. The van der Waals surface area contributed by atoms with E-state index in [1.807, 2.05) is 31.2 Å². The van der Waals surface area contributed by atoms with Crippen molar-refractivity contribution in [3.8, 4) is 34.4 Å². The second-order valence-electron chi connectivity index (χ2n) is 7.51. The van der Waals surface area contributed by atoms with Crippen LogP contribution in [0.3, 0.4) is 0 Å². The normalized spacial score (nSPS) is 10.6. The van der Waals surface area contributed by atoms with E-state index < -0.39 is 0 Å². The quantitative estimate of drug-likeness (QED) is 0.297. The molecule has 0 atom stereocenters. The van der Waals surface area contributed by atoms with E-state index in [0.717, 1.165) is 16.7 Å². The Labute approximate surface area is 196 Å². The zero-order valence-corrected chi connectivity index (χ0v) is 19.0. The molecule has 0 aliphatic carbocycles. The van der Waals surface area contributed by atoms with Crippen LogP contribution in [0.15, 0.2) is 71.1 Å². The van der Waals surface area contributed by atoms with Crippen LogP contribution in [0.5, 0.6) is 11.5 Å². The van der Waals surface area contributed by atoms with Crippen molar-refractivity contribution in [1.29, 1.82) is 0 Å². The highest BCUT2D eigenvalue weighted by Crippen LogP contribution is 2.29. The van der Waals surface area contributed by atoms with Crippen LogP contribution in [-0.2, 0) is 4.79 Å². The number of carbonyl (C=O) groups is 2. The van der Waals surface area contributed by atoms with Crippen molar-refractivity contribution in [2.45, 2.75) is 20.3 Å². The predicted molar refractivity (Wildman–Crippen MR) is 127 cm³/mol. The standard InChI is InChI=1S/C26H23N3O5/c1-4-23(30)33-21-13-10-18(15-22(21)32-3)24(31)27-20-11-8-17(9-12-20)25-28-29-26(34-25)19-7-5-6-16(2)14-19/h5-15H,4H2,1-3H3,(H,27,31). The first-order valence-corrected chi connectivity index (χ1v) is 10.7. The molecule has 0 aliphatic heterocycles. The summed E-state index contributed by atoms with van der Waals surface area (Å²) in [7, 11) is 1.45. The highest BCUT2D eigenvalue weighted by molar-refractivity contribution is 6.04. The average Bonchev–Trinajstić information content (AvgIpc) is 3.35. The maximum atomic E-state index is 12.7. The number of aromatic nitrogens is 2. The summed E-state index contributed by atoms with van der Waals surface area (Å²) < 4.78 is 16.3. The monoisotopic (exact) mass is 457 g/mol. The first-order chi connectivity index (χ1) is 16.5. The van der Waals surface area contributed by atoms with Crippen LogP contribution >= 0.6 is 0 Å². The molecule has 8 heteroatoms. The Kier molecular flexibility index (Phi) is 6.68. The van der Waals surface area contributed by atoms with Crippen molar-refractivity contribution in [2.75, 3.05) is 12.4 Å². The van der Waals surface area contributed by atoms with Crippen molar-refractivity contribution < 1.29 is 23.5 Å². The van der Waals surface area contributed by atoms with Gasteiger partial charge in [0.15, 0.2) is 11.5 Å². The van der Waals surface area contributed by atoms with E-state index in [1.165, 1.54) is 19.2 Å². The number of anilines is 1. The van der Waals surface area contributed by atoms with Crippen LogP contribution in [0, 0.1) is 6.92 Å². The Morgan fingerprint density at radius 3 is 2.32 bits per heavy atom. The summed E-state index contributed by atoms with van der Waals surface area (Å²) >= 11 is 0. The first kappa shape index (κ1) is 22.7. The molecule has 0 aliphatic rings. The van der Waals surface area contributed by atoms with Crippen molar-refractivity contribution in [3.05, 3.63) is 77.9 Å². The first-order valence-electron chi connectivity index (χ1n) is 10.7. The van der Waals surface area contributed by atoms with Crippen molar-refractivity contribution >= 4 is 17.6 Å². The third kappa shape index (κ3) is 5.12. The van der Waals surface area contributed by atoms with Crippen LogP contribution in [0.2, 0.25) is 0 Å². The zero-order valence-electron chi connectivity index (χ0n) is 19.0. The molecule has 1 N–H and O–H groups in total. The molecule has 8 nitrogen and oxygen atoms in total. The molecular formula is C26H23N3O5. The van der Waals surface area contributed by atoms with Gasteiger partial charge >= 0.3 is 5.97 Å². The molecule has 0 fully saturated rings. The molecule has 1 amide bonds. The number of methoxy groups -OCH3 is 1. The number of benzene rings is 3. The lowest BCUT2D eigenvalue weighted by Gasteiger charge is -2.11. The van der Waals surface area contributed by atoms with Gasteiger partial charge in [-0.15, -0.1) is 10.2 Å². The van der Waals surface area contributed by atoms with Crippen LogP contribution in [-0.4, -0.2) is 29.2 Å². The molecule has 1 heterocycles. The Bertz CT molecular complexity index is 1330. The topological polar surface area (TPSA) is 104 Å². The van der Waals surface area contributed by atoms with E-state index in [9.17, 15) is 9.59 Å². The number of nitrogens with one attached hydrogen (secondary N) is 1. The van der Waals surface area contributed by atoms with Gasteiger partial charge in [-0.2, -0.15) is 0 Å². The molecular weight excluding hydrogens is 434 g/mol. The molecule has 0 radical (unpaired) electrons. The Balaban J connectivity index is 1.46. The van der Waals surface area contributed by atoms with Gasteiger partial charge in [0, 0.05) is 28.8 Å². The molecule has 0 spiro atoms. The third-order valence-corrected chi connectivity index (χ3v) is 5.02. The van der Waals surface area contributed by atoms with Crippen molar-refractivity contribution in [2.24, 2.45) is 0 Å². The van der Waals surface area contributed by atoms with Gasteiger partial charge in [0.2, 0.25) is 11.8 Å². The second kappa shape index (κ2) is 9.99. The number of hydrogen-bond donors (Lipinski definition) is 1. The fourth-order valence-electron chi connectivity index (χ4n) is 3.22. The molecule has 1 aromatic heterocycles. The lowest BCUT2D eigenvalue weighted by atomic mass is 10.1. The van der Waals surface area contributed by atoms with Gasteiger partial charge in [-0.25, -0.2) is 0 Å². The predicted octanol–water partition coefficient (Wildman–Crippen LogP) is 5.29. The molecule has 4 rings (SSSR count). The smallest absolute Gasteiger partial charge is 0.311 e. The lowest BCUT2D eigenvalue weighted by Crippen LogP contribution is -2.12. The summed E-state index contributed by atoms with van der Waals surface area (Å²) in [6, 6.07) is 19.5. The summed E-state index contributed by atoms with van der Waals surface area (Å²) in [5.41, 5.74) is 3.64. The highest BCUT2D eigenvalue weighted by atomic mass is 16.6. The Morgan fingerprint density at radius 1 is 0.912 bits per heavy atom. The van der Waals surface area contributed by atoms with E-state index >= 15 is 0 Å². The number of hydrogen-bond acceptors (Lipinski definition) is 7. The maximum Gasteiger partial charge on any atom is 0.311 e. The minimum absolute atomic E-state index is 0.234. The van der Waals surface area contributed by atoms with Gasteiger partial charge in [-0.1, -0.05) is 24.6 Å². The van der Waals surface area contributed by atoms with E-state index in [2.05, 4.69) is 15.5 Å². The van der Waals surface area contributed by atoms with Crippen LogP contribution in [0.1, 0.15) is 29.3 Å². The molecule has 34 heavy (non-hydrogen) atoms. The molecule has 172 valence electrons. The van der Waals surface area contributed by atoms with Crippen LogP contribution in [0.25, 0.3) is 22.9 Å². The minimum Gasteiger partial charge on any atom is -0.493 e. The number of esters is 1. The van der Waals surface area contributed by atoms with Gasteiger partial charge in [0.1, 0.15) is 0 Å². The van der Waals surface area contributed by atoms with E-state index in [4.69, 9.17) is 13.9 Å². The average molecular weight is 457 g/mol.